The summed E-state index contributed by atoms with van der Waals surface area (Å²) in [4.78, 5) is 12.3. The van der Waals surface area contributed by atoms with Crippen molar-refractivity contribution >= 4 is 11.5 Å². The van der Waals surface area contributed by atoms with Gasteiger partial charge in [-0.2, -0.15) is 0 Å². The molecule has 1 aromatic rings. The summed E-state index contributed by atoms with van der Waals surface area (Å²) in [6.45, 7) is 8.63. The van der Waals surface area contributed by atoms with Gasteiger partial charge < -0.3 is 9.47 Å². The number of para-hydroxylation sites is 1. The molecule has 1 aliphatic heterocycles. The molecule has 3 nitrogen and oxygen atoms in total. The molecule has 0 aromatic heterocycles. The molecule has 1 heterocycles. The highest BCUT2D eigenvalue weighted by Gasteiger charge is 2.38. The maximum atomic E-state index is 12.3. The molecule has 0 N–H and O–H groups in total. The summed E-state index contributed by atoms with van der Waals surface area (Å²) >= 11 is 0. The highest BCUT2D eigenvalue weighted by atomic mass is 16.6. The predicted octanol–water partition coefficient (Wildman–Crippen LogP) is 4.61. The third-order valence-electron chi connectivity index (χ3n) is 4.19. The topological polar surface area (TPSA) is 35.5 Å². The molecule has 1 aromatic carbocycles. The summed E-state index contributed by atoms with van der Waals surface area (Å²) in [6, 6.07) is 7.79. The maximum absolute atomic E-state index is 12.3. The maximum Gasteiger partial charge on any atom is 0.347 e. The molecular formula is C19H26O3. The Kier molecular flexibility index (Phi) is 6.05. The van der Waals surface area contributed by atoms with E-state index < -0.39 is 6.10 Å². The van der Waals surface area contributed by atoms with Crippen molar-refractivity contribution in [1.82, 2.24) is 0 Å². The van der Waals surface area contributed by atoms with Crippen molar-refractivity contribution in [3.05, 3.63) is 36.4 Å². The number of hydrogen-bond donors (Lipinski definition) is 0. The second-order valence-electron chi connectivity index (χ2n) is 5.77. The molecule has 0 bridgehead atoms. The van der Waals surface area contributed by atoms with Crippen LogP contribution in [0.3, 0.4) is 0 Å². The average molecular weight is 302 g/mol. The van der Waals surface area contributed by atoms with Gasteiger partial charge in [-0.05, 0) is 25.0 Å². The molecule has 0 fully saturated rings. The lowest BCUT2D eigenvalue weighted by atomic mass is 9.82. The van der Waals surface area contributed by atoms with E-state index in [0.717, 1.165) is 29.7 Å². The van der Waals surface area contributed by atoms with E-state index in [1.165, 1.54) is 19.3 Å². The first kappa shape index (κ1) is 16.6. The Morgan fingerprint density at radius 2 is 2.00 bits per heavy atom. The van der Waals surface area contributed by atoms with E-state index in [4.69, 9.17) is 9.47 Å². The van der Waals surface area contributed by atoms with Crippen molar-refractivity contribution in [2.75, 3.05) is 6.61 Å². The normalized spacial score (nSPS) is 20.2. The molecule has 0 saturated heterocycles. The molecule has 2 atom stereocenters. The van der Waals surface area contributed by atoms with Gasteiger partial charge >= 0.3 is 5.97 Å². The fraction of sp³-hybridized carbons (Fsp3) is 0.526. The number of carbonyl (C=O) groups is 1. The molecule has 0 aliphatic carbocycles. The number of unbranched alkanes of at least 4 members (excludes halogenated alkanes) is 3. The Hall–Kier alpha value is -1.77. The molecule has 0 unspecified atom stereocenters. The van der Waals surface area contributed by atoms with E-state index in [9.17, 15) is 4.79 Å². The second kappa shape index (κ2) is 8.02. The van der Waals surface area contributed by atoms with Crippen molar-refractivity contribution in [3.63, 3.8) is 0 Å². The lowest BCUT2D eigenvalue weighted by molar-refractivity contribution is -0.153. The van der Waals surface area contributed by atoms with Gasteiger partial charge in [-0.3, -0.25) is 0 Å². The van der Waals surface area contributed by atoms with Gasteiger partial charge in [0.1, 0.15) is 5.75 Å². The third-order valence-corrected chi connectivity index (χ3v) is 4.19. The standard InChI is InChI=1S/C19H26O3/c1-4-6-7-8-12-16-14(3)15-11-9-10-13-17(15)22-18(16)19(20)21-5-2/h9-11,13,16,18H,3-8,12H2,1-2H3/t16-,18+/m0/s1. The summed E-state index contributed by atoms with van der Waals surface area (Å²) in [5, 5.41) is 0. The van der Waals surface area contributed by atoms with Crippen LogP contribution in [0, 0.1) is 5.92 Å². The number of hydrogen-bond acceptors (Lipinski definition) is 3. The Morgan fingerprint density at radius 1 is 1.23 bits per heavy atom. The molecule has 0 saturated carbocycles. The fourth-order valence-electron chi connectivity index (χ4n) is 2.99. The summed E-state index contributed by atoms with van der Waals surface area (Å²) in [7, 11) is 0. The van der Waals surface area contributed by atoms with Gasteiger partial charge in [-0.1, -0.05) is 57.4 Å². The van der Waals surface area contributed by atoms with E-state index in [1.54, 1.807) is 0 Å². The lowest BCUT2D eigenvalue weighted by Gasteiger charge is -2.34. The van der Waals surface area contributed by atoms with Crippen LogP contribution in [0.25, 0.3) is 5.57 Å². The van der Waals surface area contributed by atoms with Crippen molar-refractivity contribution in [2.45, 2.75) is 52.1 Å². The van der Waals surface area contributed by atoms with Crippen LogP contribution in [-0.4, -0.2) is 18.7 Å². The second-order valence-corrected chi connectivity index (χ2v) is 5.77. The molecule has 0 radical (unpaired) electrons. The molecule has 2 rings (SSSR count). The zero-order chi connectivity index (χ0) is 15.9. The van der Waals surface area contributed by atoms with Gasteiger partial charge in [0.25, 0.3) is 0 Å². The summed E-state index contributed by atoms with van der Waals surface area (Å²) in [5.74, 6) is 0.458. The Morgan fingerprint density at radius 3 is 2.73 bits per heavy atom. The first-order valence-electron chi connectivity index (χ1n) is 8.30. The number of carbonyl (C=O) groups excluding carboxylic acids is 1. The van der Waals surface area contributed by atoms with Crippen LogP contribution in [0.2, 0.25) is 0 Å². The molecule has 22 heavy (non-hydrogen) atoms. The number of ether oxygens (including phenoxy) is 2. The number of esters is 1. The minimum absolute atomic E-state index is 0.00538. The van der Waals surface area contributed by atoms with E-state index >= 15 is 0 Å². The highest BCUT2D eigenvalue weighted by molar-refractivity contribution is 5.83. The zero-order valence-corrected chi connectivity index (χ0v) is 13.6. The van der Waals surface area contributed by atoms with Crippen LogP contribution >= 0.6 is 0 Å². The smallest absolute Gasteiger partial charge is 0.347 e. The van der Waals surface area contributed by atoms with Crippen LogP contribution in [0.1, 0.15) is 51.5 Å². The first-order valence-corrected chi connectivity index (χ1v) is 8.30. The van der Waals surface area contributed by atoms with Crippen LogP contribution in [0.15, 0.2) is 30.8 Å². The quantitative estimate of drug-likeness (QED) is 0.545. The Labute approximate surface area is 133 Å². The Bertz CT molecular complexity index is 521. The van der Waals surface area contributed by atoms with Gasteiger partial charge in [0.15, 0.2) is 0 Å². The van der Waals surface area contributed by atoms with Gasteiger partial charge in [-0.25, -0.2) is 4.79 Å². The van der Waals surface area contributed by atoms with Gasteiger partial charge in [0, 0.05) is 11.5 Å². The summed E-state index contributed by atoms with van der Waals surface area (Å²) in [5.41, 5.74) is 2.01. The monoisotopic (exact) mass is 302 g/mol. The van der Waals surface area contributed by atoms with Crippen LogP contribution in [0.5, 0.6) is 5.75 Å². The zero-order valence-electron chi connectivity index (χ0n) is 13.6. The van der Waals surface area contributed by atoms with E-state index in [1.807, 2.05) is 31.2 Å². The highest BCUT2D eigenvalue weighted by Crippen LogP contribution is 2.41. The molecular weight excluding hydrogens is 276 g/mol. The van der Waals surface area contributed by atoms with Crippen LogP contribution in [0.4, 0.5) is 0 Å². The third kappa shape index (κ3) is 3.70. The molecule has 3 heteroatoms. The number of fused-ring (bicyclic) bond motifs is 1. The minimum atomic E-state index is -0.566. The van der Waals surface area contributed by atoms with Crippen molar-refractivity contribution in [2.24, 2.45) is 5.92 Å². The van der Waals surface area contributed by atoms with E-state index in [2.05, 4.69) is 13.5 Å². The predicted molar refractivity (Wildman–Crippen MR) is 88.8 cm³/mol. The lowest BCUT2D eigenvalue weighted by Crippen LogP contribution is -2.40. The number of benzene rings is 1. The van der Waals surface area contributed by atoms with Gasteiger partial charge in [0.05, 0.1) is 6.61 Å². The molecule has 0 spiro atoms. The minimum Gasteiger partial charge on any atom is -0.477 e. The van der Waals surface area contributed by atoms with Crippen LogP contribution in [-0.2, 0) is 9.53 Å². The Balaban J connectivity index is 2.17. The van der Waals surface area contributed by atoms with Gasteiger partial charge in [0.2, 0.25) is 6.10 Å². The number of rotatable bonds is 7. The van der Waals surface area contributed by atoms with E-state index in [0.29, 0.717) is 6.61 Å². The average Bonchev–Trinajstić information content (AvgIpc) is 2.53. The van der Waals surface area contributed by atoms with Crippen molar-refractivity contribution in [3.8, 4) is 5.75 Å². The summed E-state index contributed by atoms with van der Waals surface area (Å²) < 4.78 is 11.1. The van der Waals surface area contributed by atoms with Crippen molar-refractivity contribution in [1.29, 1.82) is 0 Å². The van der Waals surface area contributed by atoms with Crippen molar-refractivity contribution < 1.29 is 14.3 Å². The summed E-state index contributed by atoms with van der Waals surface area (Å²) in [6.07, 6.45) is 5.03. The first-order chi connectivity index (χ1) is 10.7. The molecule has 0 amide bonds. The molecule has 1 aliphatic rings. The van der Waals surface area contributed by atoms with E-state index in [-0.39, 0.29) is 11.9 Å². The van der Waals surface area contributed by atoms with Crippen LogP contribution < -0.4 is 4.74 Å². The fourth-order valence-corrected chi connectivity index (χ4v) is 2.99. The largest absolute Gasteiger partial charge is 0.477 e. The SMILES string of the molecule is C=C1c2ccccc2O[C@@H](C(=O)OCC)[C@H]1CCCCCC. The van der Waals surface area contributed by atoms with Gasteiger partial charge in [-0.15, -0.1) is 0 Å². The molecule has 120 valence electrons.